The molecule has 3 rings (SSSR count). The fourth-order valence-corrected chi connectivity index (χ4v) is 5.92. The van der Waals surface area contributed by atoms with Gasteiger partial charge in [-0.15, -0.1) is 11.8 Å². The van der Waals surface area contributed by atoms with Crippen molar-refractivity contribution in [3.8, 4) is 5.75 Å². The average molecular weight is 442 g/mol. The summed E-state index contributed by atoms with van der Waals surface area (Å²) in [4.78, 5) is 12.9. The molecule has 0 aromatic carbocycles. The lowest BCUT2D eigenvalue weighted by Crippen LogP contribution is -2.61. The molecule has 0 amide bonds. The Hall–Kier alpha value is -1.53. The van der Waals surface area contributed by atoms with Gasteiger partial charge in [0.05, 0.1) is 11.4 Å². The highest BCUT2D eigenvalue weighted by molar-refractivity contribution is 8.01. The molecule has 0 saturated carbocycles. The van der Waals surface area contributed by atoms with Crippen LogP contribution in [0.25, 0.3) is 0 Å². The molecule has 1 atom stereocenters. The van der Waals surface area contributed by atoms with E-state index in [1.807, 2.05) is 23.9 Å². The second-order valence-electron chi connectivity index (χ2n) is 6.79. The van der Waals surface area contributed by atoms with Gasteiger partial charge < -0.3 is 9.84 Å². The Bertz CT molecular complexity index is 781. The third-order valence-corrected chi connectivity index (χ3v) is 7.98. The third kappa shape index (κ3) is 5.51. The summed E-state index contributed by atoms with van der Waals surface area (Å²) in [7, 11) is -3.11. The van der Waals surface area contributed by atoms with Gasteiger partial charge in [0.2, 0.25) is 10.0 Å². The number of sulfonamides is 1. The van der Waals surface area contributed by atoms with Crippen molar-refractivity contribution in [3.05, 3.63) is 24.5 Å². The van der Waals surface area contributed by atoms with Gasteiger partial charge in [0.25, 0.3) is 0 Å². The van der Waals surface area contributed by atoms with E-state index in [-0.39, 0.29) is 16.1 Å². The number of aromatic nitrogens is 1. The summed E-state index contributed by atoms with van der Waals surface area (Å²) in [6.07, 6.45) is -0.607. The molecule has 2 saturated heterocycles. The molecule has 2 aliphatic rings. The lowest BCUT2D eigenvalue weighted by Gasteiger charge is -2.46. The van der Waals surface area contributed by atoms with Crippen molar-refractivity contribution >= 4 is 27.8 Å². The molecule has 7 nitrogen and oxygen atoms in total. The first-order valence-electron chi connectivity index (χ1n) is 8.35. The number of carboxylic acid groups (broad SMARTS) is 1. The summed E-state index contributed by atoms with van der Waals surface area (Å²) < 4.78 is 63.5. The zero-order valence-electron chi connectivity index (χ0n) is 15.2. The van der Waals surface area contributed by atoms with E-state index in [9.17, 15) is 21.6 Å². The quantitative estimate of drug-likeness (QED) is 0.765. The molecule has 2 aliphatic heterocycles. The van der Waals surface area contributed by atoms with Gasteiger partial charge in [-0.2, -0.15) is 17.5 Å². The van der Waals surface area contributed by atoms with E-state index in [2.05, 4.69) is 4.98 Å². The number of thioether (sulfide) groups is 1. The fourth-order valence-electron chi connectivity index (χ4n) is 2.78. The maximum Gasteiger partial charge on any atom is 0.490 e. The van der Waals surface area contributed by atoms with Gasteiger partial charge in [0, 0.05) is 36.2 Å². The van der Waals surface area contributed by atoms with Crippen molar-refractivity contribution in [3.63, 3.8) is 0 Å². The molecule has 1 aromatic heterocycles. The molecule has 12 heteroatoms. The van der Waals surface area contributed by atoms with Crippen molar-refractivity contribution in [1.82, 2.24) is 9.29 Å². The maximum atomic E-state index is 12.1. The van der Waals surface area contributed by atoms with Crippen LogP contribution >= 0.6 is 11.8 Å². The number of nitrogens with zero attached hydrogens (tertiary/aromatic N) is 2. The summed E-state index contributed by atoms with van der Waals surface area (Å²) in [5.74, 6) is -1.07. The molecule has 2 fully saturated rings. The van der Waals surface area contributed by atoms with Crippen molar-refractivity contribution in [2.45, 2.75) is 42.5 Å². The van der Waals surface area contributed by atoms with E-state index in [0.29, 0.717) is 13.1 Å². The second-order valence-corrected chi connectivity index (χ2v) is 10.8. The number of halogens is 3. The Balaban J connectivity index is 0.000000345. The molecule has 0 bridgehead atoms. The van der Waals surface area contributed by atoms with Gasteiger partial charge in [-0.1, -0.05) is 0 Å². The zero-order valence-corrected chi connectivity index (χ0v) is 16.9. The van der Waals surface area contributed by atoms with Crippen molar-refractivity contribution in [2.75, 3.05) is 18.8 Å². The highest BCUT2D eigenvalue weighted by Crippen LogP contribution is 2.47. The van der Waals surface area contributed by atoms with Gasteiger partial charge in [-0.3, -0.25) is 4.98 Å². The van der Waals surface area contributed by atoms with Crippen LogP contribution in [0, 0.1) is 0 Å². The number of hydrogen-bond donors (Lipinski definition) is 1. The highest BCUT2D eigenvalue weighted by atomic mass is 32.2. The van der Waals surface area contributed by atoms with Gasteiger partial charge in [-0.05, 0) is 26.0 Å². The first kappa shape index (κ1) is 22.8. The maximum absolute atomic E-state index is 12.1. The topological polar surface area (TPSA) is 96.8 Å². The number of aliphatic carboxylic acids is 1. The van der Waals surface area contributed by atoms with Crippen LogP contribution in [0.2, 0.25) is 0 Å². The minimum Gasteiger partial charge on any atom is -0.488 e. The number of rotatable bonds is 4. The molecule has 1 aromatic rings. The van der Waals surface area contributed by atoms with Gasteiger partial charge in [0.1, 0.15) is 11.9 Å². The predicted molar refractivity (Wildman–Crippen MR) is 97.8 cm³/mol. The monoisotopic (exact) mass is 442 g/mol. The van der Waals surface area contributed by atoms with Crippen LogP contribution in [0.1, 0.15) is 20.3 Å². The van der Waals surface area contributed by atoms with Gasteiger partial charge >= 0.3 is 12.1 Å². The van der Waals surface area contributed by atoms with Crippen LogP contribution in [-0.2, 0) is 14.8 Å². The lowest BCUT2D eigenvalue weighted by atomic mass is 9.95. The van der Waals surface area contributed by atoms with E-state index in [0.717, 1.165) is 17.9 Å². The largest absolute Gasteiger partial charge is 0.490 e. The van der Waals surface area contributed by atoms with Crippen LogP contribution in [0.4, 0.5) is 13.2 Å². The SMILES string of the molecule is CC(C)S(=O)(=O)N1CC2(CC(Oc3cccnc3)CS2)C1.O=C(O)C(F)(F)F. The number of alkyl halides is 3. The van der Waals surface area contributed by atoms with Crippen molar-refractivity contribution in [2.24, 2.45) is 0 Å². The molecule has 1 unspecified atom stereocenters. The van der Waals surface area contributed by atoms with Crippen LogP contribution < -0.4 is 4.74 Å². The molecule has 0 radical (unpaired) electrons. The third-order valence-electron chi connectivity index (χ3n) is 4.24. The summed E-state index contributed by atoms with van der Waals surface area (Å²) in [5.41, 5.74) is 0. The minimum atomic E-state index is -5.08. The Morgan fingerprint density at radius 1 is 1.43 bits per heavy atom. The molecule has 1 spiro atoms. The standard InChI is InChI=1S/C14H20N2O3S2.C2HF3O2/c1-11(2)21(17,18)16-9-14(10-16)6-13(8-20-14)19-12-4-3-5-15-7-12;3-2(4,5)1(6)7/h3-5,7,11,13H,6,8-10H2,1-2H3;(H,6,7). The Morgan fingerprint density at radius 3 is 2.50 bits per heavy atom. The minimum absolute atomic E-state index is 0.0504. The summed E-state index contributed by atoms with van der Waals surface area (Å²) >= 11 is 1.84. The smallest absolute Gasteiger partial charge is 0.488 e. The molecule has 3 heterocycles. The molecular weight excluding hydrogens is 421 g/mol. The molecular formula is C16H21F3N2O5S2. The number of pyridine rings is 1. The number of carboxylic acids is 1. The Labute approximate surface area is 165 Å². The van der Waals surface area contributed by atoms with E-state index >= 15 is 0 Å². The van der Waals surface area contributed by atoms with Crippen LogP contribution in [0.5, 0.6) is 5.75 Å². The van der Waals surface area contributed by atoms with Crippen LogP contribution in [0.15, 0.2) is 24.5 Å². The average Bonchev–Trinajstić information content (AvgIpc) is 2.98. The number of hydrogen-bond acceptors (Lipinski definition) is 6. The number of ether oxygens (including phenoxy) is 1. The fraction of sp³-hybridized carbons (Fsp3) is 0.625. The zero-order chi connectivity index (χ0) is 21.2. The Morgan fingerprint density at radius 2 is 2.04 bits per heavy atom. The van der Waals surface area contributed by atoms with E-state index in [1.165, 1.54) is 0 Å². The normalized spacial score (nSPS) is 21.7. The Kier molecular flexibility index (Phi) is 6.87. The molecule has 28 heavy (non-hydrogen) atoms. The molecule has 0 aliphatic carbocycles. The van der Waals surface area contributed by atoms with E-state index < -0.39 is 22.2 Å². The van der Waals surface area contributed by atoms with E-state index in [4.69, 9.17) is 14.6 Å². The number of carbonyl (C=O) groups is 1. The summed E-state index contributed by atoms with van der Waals surface area (Å²) in [6.45, 7) is 4.70. The molecule has 1 N–H and O–H groups in total. The first-order valence-corrected chi connectivity index (χ1v) is 10.8. The van der Waals surface area contributed by atoms with Gasteiger partial charge in [-0.25, -0.2) is 13.2 Å². The first-order chi connectivity index (χ1) is 12.9. The molecule has 158 valence electrons. The predicted octanol–water partition coefficient (Wildman–Crippen LogP) is 2.39. The second kappa shape index (κ2) is 8.46. The van der Waals surface area contributed by atoms with Crippen LogP contribution in [-0.4, -0.2) is 69.9 Å². The van der Waals surface area contributed by atoms with Gasteiger partial charge in [0.15, 0.2) is 0 Å². The van der Waals surface area contributed by atoms with Crippen LogP contribution in [0.3, 0.4) is 0 Å². The summed E-state index contributed by atoms with van der Waals surface area (Å²) in [6, 6.07) is 3.76. The van der Waals surface area contributed by atoms with Crippen molar-refractivity contribution in [1.29, 1.82) is 0 Å². The summed E-state index contributed by atoms with van der Waals surface area (Å²) in [5, 5.41) is 6.78. The van der Waals surface area contributed by atoms with Crippen molar-refractivity contribution < 1.29 is 36.2 Å². The van der Waals surface area contributed by atoms with E-state index in [1.54, 1.807) is 30.5 Å². The highest BCUT2D eigenvalue weighted by Gasteiger charge is 2.53. The lowest BCUT2D eigenvalue weighted by molar-refractivity contribution is -0.192.